The predicted octanol–water partition coefficient (Wildman–Crippen LogP) is 0.916. The van der Waals surface area contributed by atoms with Gasteiger partial charge in [-0.2, -0.15) is 0 Å². The van der Waals surface area contributed by atoms with Crippen LogP contribution in [0.2, 0.25) is 0 Å². The quantitative estimate of drug-likeness (QED) is 0.792. The molecule has 0 radical (unpaired) electrons. The SMILES string of the molecule is CN1CCC(CCN(C)C(=O)C2(CN)CCC2)C1. The van der Waals surface area contributed by atoms with Crippen LogP contribution in [0.15, 0.2) is 0 Å². The third-order valence-corrected chi connectivity index (χ3v) is 4.86. The Morgan fingerprint density at radius 1 is 1.50 bits per heavy atom. The van der Waals surface area contributed by atoms with E-state index in [0.29, 0.717) is 6.54 Å². The topological polar surface area (TPSA) is 49.6 Å². The fourth-order valence-electron chi connectivity index (χ4n) is 3.25. The summed E-state index contributed by atoms with van der Waals surface area (Å²) in [5.41, 5.74) is 5.58. The Kier molecular flexibility index (Phi) is 4.28. The van der Waals surface area contributed by atoms with Crippen molar-refractivity contribution in [2.24, 2.45) is 17.1 Å². The molecule has 1 saturated heterocycles. The number of hydrogen-bond acceptors (Lipinski definition) is 3. The molecule has 2 aliphatic rings. The number of nitrogens with two attached hydrogens (primary N) is 1. The molecular weight excluding hydrogens is 226 g/mol. The largest absolute Gasteiger partial charge is 0.345 e. The van der Waals surface area contributed by atoms with Gasteiger partial charge < -0.3 is 15.5 Å². The van der Waals surface area contributed by atoms with Crippen molar-refractivity contribution in [1.82, 2.24) is 9.80 Å². The second-order valence-corrected chi connectivity index (χ2v) is 6.27. The zero-order valence-electron chi connectivity index (χ0n) is 11.8. The lowest BCUT2D eigenvalue weighted by molar-refractivity contribution is -0.145. The highest BCUT2D eigenvalue weighted by Crippen LogP contribution is 2.41. The van der Waals surface area contributed by atoms with Gasteiger partial charge in [-0.25, -0.2) is 0 Å². The highest BCUT2D eigenvalue weighted by atomic mass is 16.2. The summed E-state index contributed by atoms with van der Waals surface area (Å²) < 4.78 is 0. The van der Waals surface area contributed by atoms with E-state index in [9.17, 15) is 4.79 Å². The molecule has 1 aliphatic heterocycles. The van der Waals surface area contributed by atoms with Gasteiger partial charge in [-0.1, -0.05) is 6.42 Å². The summed E-state index contributed by atoms with van der Waals surface area (Å²) >= 11 is 0. The van der Waals surface area contributed by atoms with Gasteiger partial charge in [0.05, 0.1) is 5.41 Å². The molecule has 0 aromatic heterocycles. The number of carbonyl (C=O) groups is 1. The molecular formula is C14H27N3O. The van der Waals surface area contributed by atoms with Crippen LogP contribution in [0.4, 0.5) is 0 Å². The Hall–Kier alpha value is -0.610. The van der Waals surface area contributed by atoms with Crippen LogP contribution >= 0.6 is 0 Å². The van der Waals surface area contributed by atoms with Gasteiger partial charge in [-0.05, 0) is 45.2 Å². The van der Waals surface area contributed by atoms with Gasteiger partial charge in [-0.3, -0.25) is 4.79 Å². The zero-order valence-corrected chi connectivity index (χ0v) is 11.8. The van der Waals surface area contributed by atoms with Crippen LogP contribution < -0.4 is 5.73 Å². The zero-order chi connectivity index (χ0) is 13.2. The van der Waals surface area contributed by atoms with E-state index < -0.39 is 0 Å². The van der Waals surface area contributed by atoms with Crippen molar-refractivity contribution in [2.45, 2.75) is 32.1 Å². The second kappa shape index (κ2) is 5.57. The molecule has 0 spiro atoms. The van der Waals surface area contributed by atoms with Crippen molar-refractivity contribution in [3.8, 4) is 0 Å². The number of hydrogen-bond donors (Lipinski definition) is 1. The van der Waals surface area contributed by atoms with Gasteiger partial charge in [0, 0.05) is 26.7 Å². The van der Waals surface area contributed by atoms with Gasteiger partial charge >= 0.3 is 0 Å². The maximum absolute atomic E-state index is 12.4. The van der Waals surface area contributed by atoms with Crippen molar-refractivity contribution in [2.75, 3.05) is 40.3 Å². The highest BCUT2D eigenvalue weighted by molar-refractivity contribution is 5.83. The highest BCUT2D eigenvalue weighted by Gasteiger charge is 2.44. The van der Waals surface area contributed by atoms with E-state index in [0.717, 1.165) is 38.1 Å². The van der Waals surface area contributed by atoms with Crippen molar-refractivity contribution >= 4 is 5.91 Å². The van der Waals surface area contributed by atoms with Gasteiger partial charge in [0.15, 0.2) is 0 Å². The third-order valence-electron chi connectivity index (χ3n) is 4.86. The van der Waals surface area contributed by atoms with E-state index in [1.165, 1.54) is 19.5 Å². The first-order chi connectivity index (χ1) is 8.57. The summed E-state index contributed by atoms with van der Waals surface area (Å²) in [5, 5.41) is 0. The van der Waals surface area contributed by atoms with Crippen molar-refractivity contribution in [1.29, 1.82) is 0 Å². The summed E-state index contributed by atoms with van der Waals surface area (Å²) in [4.78, 5) is 16.7. The van der Waals surface area contributed by atoms with E-state index in [1.54, 1.807) is 0 Å². The van der Waals surface area contributed by atoms with E-state index in [4.69, 9.17) is 5.73 Å². The Labute approximate surface area is 110 Å². The minimum Gasteiger partial charge on any atom is -0.345 e. The molecule has 2 N–H and O–H groups in total. The maximum atomic E-state index is 12.4. The second-order valence-electron chi connectivity index (χ2n) is 6.27. The van der Waals surface area contributed by atoms with Gasteiger partial charge in [0.2, 0.25) is 5.91 Å². The Morgan fingerprint density at radius 2 is 2.22 bits per heavy atom. The molecule has 2 rings (SSSR count). The van der Waals surface area contributed by atoms with Gasteiger partial charge in [0.25, 0.3) is 0 Å². The van der Waals surface area contributed by atoms with Crippen LogP contribution in [0.3, 0.4) is 0 Å². The van der Waals surface area contributed by atoms with Crippen molar-refractivity contribution in [3.63, 3.8) is 0 Å². The third kappa shape index (κ3) is 2.69. The minimum atomic E-state index is -0.207. The van der Waals surface area contributed by atoms with Crippen LogP contribution in [0, 0.1) is 11.3 Å². The molecule has 1 unspecified atom stereocenters. The molecule has 1 amide bonds. The van der Waals surface area contributed by atoms with Crippen LogP contribution in [0.25, 0.3) is 0 Å². The number of carbonyl (C=O) groups excluding carboxylic acids is 1. The van der Waals surface area contributed by atoms with E-state index >= 15 is 0 Å². The van der Waals surface area contributed by atoms with E-state index in [1.807, 2.05) is 11.9 Å². The van der Waals surface area contributed by atoms with E-state index in [2.05, 4.69) is 11.9 Å². The van der Waals surface area contributed by atoms with Crippen molar-refractivity contribution < 1.29 is 4.79 Å². The smallest absolute Gasteiger partial charge is 0.229 e. The molecule has 0 aromatic rings. The standard InChI is InChI=1S/C14H27N3O/c1-16-8-4-12(10-16)5-9-17(2)13(18)14(11-15)6-3-7-14/h12H,3-11,15H2,1-2H3. The molecule has 4 heteroatoms. The lowest BCUT2D eigenvalue weighted by Crippen LogP contribution is -2.51. The molecule has 1 atom stereocenters. The summed E-state index contributed by atoms with van der Waals surface area (Å²) in [6.07, 6.45) is 5.54. The summed E-state index contributed by atoms with van der Waals surface area (Å²) in [6.45, 7) is 3.79. The Morgan fingerprint density at radius 3 is 2.67 bits per heavy atom. The number of amides is 1. The fourth-order valence-corrected chi connectivity index (χ4v) is 3.25. The first kappa shape index (κ1) is 13.8. The van der Waals surface area contributed by atoms with Crippen LogP contribution in [-0.4, -0.2) is 56.0 Å². The molecule has 1 heterocycles. The number of likely N-dealkylation sites (tertiary alicyclic amines) is 1. The summed E-state index contributed by atoms with van der Waals surface area (Å²) in [6, 6.07) is 0. The molecule has 2 fully saturated rings. The number of rotatable bonds is 5. The average molecular weight is 253 g/mol. The lowest BCUT2D eigenvalue weighted by Gasteiger charge is -2.42. The molecule has 0 bridgehead atoms. The van der Waals surface area contributed by atoms with Crippen molar-refractivity contribution in [3.05, 3.63) is 0 Å². The predicted molar refractivity (Wildman–Crippen MR) is 73.2 cm³/mol. The first-order valence-electron chi connectivity index (χ1n) is 7.21. The molecule has 1 aliphatic carbocycles. The average Bonchev–Trinajstić information content (AvgIpc) is 2.71. The van der Waals surface area contributed by atoms with Crippen LogP contribution in [0.5, 0.6) is 0 Å². The monoisotopic (exact) mass is 253 g/mol. The number of nitrogens with zero attached hydrogens (tertiary/aromatic N) is 2. The van der Waals surface area contributed by atoms with E-state index in [-0.39, 0.29) is 11.3 Å². The van der Waals surface area contributed by atoms with Crippen LogP contribution in [-0.2, 0) is 4.79 Å². The first-order valence-corrected chi connectivity index (χ1v) is 7.21. The maximum Gasteiger partial charge on any atom is 0.229 e. The molecule has 104 valence electrons. The summed E-state index contributed by atoms with van der Waals surface area (Å²) in [7, 11) is 4.11. The molecule has 18 heavy (non-hydrogen) atoms. The molecule has 1 saturated carbocycles. The van der Waals surface area contributed by atoms with Gasteiger partial charge in [0.1, 0.15) is 0 Å². The van der Waals surface area contributed by atoms with Gasteiger partial charge in [-0.15, -0.1) is 0 Å². The Balaban J connectivity index is 1.77. The molecule has 4 nitrogen and oxygen atoms in total. The minimum absolute atomic E-state index is 0.207. The Bertz CT molecular complexity index is 296. The van der Waals surface area contributed by atoms with Crippen LogP contribution in [0.1, 0.15) is 32.1 Å². The molecule has 0 aromatic carbocycles. The normalized spacial score (nSPS) is 26.9. The summed E-state index contributed by atoms with van der Waals surface area (Å²) in [5.74, 6) is 1.04. The lowest BCUT2D eigenvalue weighted by atomic mass is 9.68. The fraction of sp³-hybridized carbons (Fsp3) is 0.929.